The highest BCUT2D eigenvalue weighted by Crippen LogP contribution is 2.32. The summed E-state index contributed by atoms with van der Waals surface area (Å²) < 4.78 is 13.2. The van der Waals surface area contributed by atoms with Crippen LogP contribution in [0.4, 0.5) is 14.9 Å². The Morgan fingerprint density at radius 3 is 2.56 bits per heavy atom. The largest absolute Gasteiger partial charge is 0.465 e. The molecule has 0 saturated carbocycles. The van der Waals surface area contributed by atoms with Crippen LogP contribution in [0.2, 0.25) is 0 Å². The Morgan fingerprint density at radius 1 is 1.30 bits per heavy atom. The van der Waals surface area contributed by atoms with E-state index in [9.17, 15) is 19.1 Å². The van der Waals surface area contributed by atoms with Crippen molar-refractivity contribution in [3.8, 4) is 0 Å². The predicted molar refractivity (Wildman–Crippen MR) is 98.9 cm³/mol. The third kappa shape index (κ3) is 3.77. The Labute approximate surface area is 157 Å². The minimum atomic E-state index is -1.15. The van der Waals surface area contributed by atoms with E-state index in [0.29, 0.717) is 11.4 Å². The summed E-state index contributed by atoms with van der Waals surface area (Å²) in [4.78, 5) is 32.2. The maximum absolute atomic E-state index is 13.3. The van der Waals surface area contributed by atoms with Gasteiger partial charge in [0.25, 0.3) is 5.91 Å². The van der Waals surface area contributed by atoms with Crippen LogP contribution in [-0.2, 0) is 17.8 Å². The van der Waals surface area contributed by atoms with Gasteiger partial charge in [-0.05, 0) is 50.6 Å². The van der Waals surface area contributed by atoms with E-state index >= 15 is 0 Å². The van der Waals surface area contributed by atoms with E-state index in [1.54, 1.807) is 51.2 Å². The molecule has 0 spiro atoms. The maximum Gasteiger partial charge on any atom is 0.408 e. The fourth-order valence-electron chi connectivity index (χ4n) is 3.43. The zero-order chi connectivity index (χ0) is 19.8. The minimum absolute atomic E-state index is 0.214. The summed E-state index contributed by atoms with van der Waals surface area (Å²) >= 11 is 0. The molecule has 1 aromatic carbocycles. The molecule has 0 aliphatic carbocycles. The van der Waals surface area contributed by atoms with Crippen molar-refractivity contribution < 1.29 is 19.1 Å². The number of hydrogen-bond donors (Lipinski definition) is 1. The van der Waals surface area contributed by atoms with Gasteiger partial charge < -0.3 is 10.0 Å². The van der Waals surface area contributed by atoms with Crippen molar-refractivity contribution >= 4 is 17.7 Å². The zero-order valence-corrected chi connectivity index (χ0v) is 15.5. The second-order valence-corrected chi connectivity index (χ2v) is 7.56. The van der Waals surface area contributed by atoms with E-state index in [0.717, 1.165) is 5.56 Å². The van der Waals surface area contributed by atoms with Gasteiger partial charge >= 0.3 is 6.09 Å². The molecule has 0 bridgehead atoms. The zero-order valence-electron chi connectivity index (χ0n) is 15.5. The Bertz CT molecular complexity index is 862. The van der Waals surface area contributed by atoms with Gasteiger partial charge in [-0.2, -0.15) is 0 Å². The first kappa shape index (κ1) is 18.8. The number of fused-ring (bicyclic) bond motifs is 1. The summed E-state index contributed by atoms with van der Waals surface area (Å²) in [5.74, 6) is -0.661. The number of halogens is 1. The summed E-state index contributed by atoms with van der Waals surface area (Å²) in [5, 5.41) is 9.73. The Hall–Kier alpha value is -2.96. The molecule has 6 nitrogen and oxygen atoms in total. The standard InChI is InChI=1S/C20H22FN3O3/c1-20(2,3)24(19(26)27)17-11-15-16(5-4-10-22-15)23(18(17)25)12-13-6-8-14(21)9-7-13/h4-10,17H,11-12H2,1-3H3,(H,26,27). The van der Waals surface area contributed by atoms with Crippen LogP contribution in [0.1, 0.15) is 32.0 Å². The van der Waals surface area contributed by atoms with Gasteiger partial charge in [0.15, 0.2) is 0 Å². The number of nitrogens with zero attached hydrogens (tertiary/aromatic N) is 3. The number of hydrogen-bond acceptors (Lipinski definition) is 3. The first-order valence-electron chi connectivity index (χ1n) is 8.70. The molecule has 1 atom stereocenters. The molecule has 1 aliphatic rings. The van der Waals surface area contributed by atoms with Gasteiger partial charge in [-0.3, -0.25) is 14.7 Å². The van der Waals surface area contributed by atoms with Crippen LogP contribution in [0.3, 0.4) is 0 Å². The summed E-state index contributed by atoms with van der Waals surface area (Å²) in [6.45, 7) is 5.48. The number of anilines is 1. The van der Waals surface area contributed by atoms with E-state index in [-0.39, 0.29) is 24.7 Å². The third-order valence-corrected chi connectivity index (χ3v) is 4.59. The molecule has 0 radical (unpaired) electrons. The number of pyridine rings is 1. The molecule has 1 aliphatic heterocycles. The van der Waals surface area contributed by atoms with Gasteiger partial charge in [-0.1, -0.05) is 12.1 Å². The van der Waals surface area contributed by atoms with Crippen molar-refractivity contribution in [2.24, 2.45) is 0 Å². The van der Waals surface area contributed by atoms with Crippen LogP contribution < -0.4 is 4.90 Å². The normalized spacial score (nSPS) is 16.8. The first-order valence-corrected chi connectivity index (χ1v) is 8.70. The lowest BCUT2D eigenvalue weighted by atomic mass is 9.95. The number of carboxylic acid groups (broad SMARTS) is 1. The van der Waals surface area contributed by atoms with Crippen LogP contribution in [0.5, 0.6) is 0 Å². The second-order valence-electron chi connectivity index (χ2n) is 7.56. The molecular weight excluding hydrogens is 349 g/mol. The predicted octanol–water partition coefficient (Wildman–Crippen LogP) is 3.46. The Morgan fingerprint density at radius 2 is 1.96 bits per heavy atom. The van der Waals surface area contributed by atoms with Crippen molar-refractivity contribution in [3.63, 3.8) is 0 Å². The molecule has 0 fully saturated rings. The number of amides is 2. The lowest BCUT2D eigenvalue weighted by Crippen LogP contribution is -2.60. The molecule has 27 heavy (non-hydrogen) atoms. The number of rotatable bonds is 3. The number of carbonyl (C=O) groups excluding carboxylic acids is 1. The molecule has 2 heterocycles. The average Bonchev–Trinajstić information content (AvgIpc) is 2.58. The van der Waals surface area contributed by atoms with E-state index in [2.05, 4.69) is 4.98 Å². The number of aromatic nitrogens is 1. The van der Waals surface area contributed by atoms with Gasteiger partial charge in [0.2, 0.25) is 0 Å². The quantitative estimate of drug-likeness (QED) is 0.897. The summed E-state index contributed by atoms with van der Waals surface area (Å²) in [6, 6.07) is 8.56. The molecule has 142 valence electrons. The SMILES string of the molecule is CC(C)(C)N(C(=O)O)C1Cc2ncccc2N(Cc2ccc(F)cc2)C1=O. The van der Waals surface area contributed by atoms with Crippen LogP contribution in [-0.4, -0.2) is 38.6 Å². The maximum atomic E-state index is 13.3. The smallest absolute Gasteiger partial charge is 0.408 e. The molecule has 1 unspecified atom stereocenters. The highest BCUT2D eigenvalue weighted by molar-refractivity contribution is 6.01. The van der Waals surface area contributed by atoms with Crippen molar-refractivity contribution in [3.05, 3.63) is 59.7 Å². The Kier molecular flexibility index (Phi) is 4.87. The highest BCUT2D eigenvalue weighted by atomic mass is 19.1. The van der Waals surface area contributed by atoms with Crippen molar-refractivity contribution in [1.29, 1.82) is 0 Å². The molecule has 3 rings (SSSR count). The number of benzene rings is 1. The number of carbonyl (C=O) groups is 2. The Balaban J connectivity index is 2.02. The van der Waals surface area contributed by atoms with Gasteiger partial charge in [0.1, 0.15) is 11.9 Å². The molecule has 1 aromatic heterocycles. The second kappa shape index (κ2) is 6.98. The van der Waals surface area contributed by atoms with Crippen molar-refractivity contribution in [2.75, 3.05) is 4.90 Å². The van der Waals surface area contributed by atoms with Crippen LogP contribution >= 0.6 is 0 Å². The summed E-state index contributed by atoms with van der Waals surface area (Å²) in [7, 11) is 0. The fraction of sp³-hybridized carbons (Fsp3) is 0.350. The van der Waals surface area contributed by atoms with Crippen molar-refractivity contribution in [1.82, 2.24) is 9.88 Å². The fourth-order valence-corrected chi connectivity index (χ4v) is 3.43. The highest BCUT2D eigenvalue weighted by Gasteiger charge is 2.43. The first-order chi connectivity index (χ1) is 12.7. The monoisotopic (exact) mass is 371 g/mol. The summed E-state index contributed by atoms with van der Waals surface area (Å²) in [5.41, 5.74) is 1.32. The average molecular weight is 371 g/mol. The van der Waals surface area contributed by atoms with Gasteiger partial charge in [-0.25, -0.2) is 9.18 Å². The van der Waals surface area contributed by atoms with E-state index < -0.39 is 17.7 Å². The molecule has 2 amide bonds. The van der Waals surface area contributed by atoms with Gasteiger partial charge in [0, 0.05) is 18.2 Å². The lowest BCUT2D eigenvalue weighted by Gasteiger charge is -2.43. The van der Waals surface area contributed by atoms with E-state index in [1.807, 2.05) is 0 Å². The summed E-state index contributed by atoms with van der Waals surface area (Å²) in [6.07, 6.45) is 0.699. The molecule has 1 N–H and O–H groups in total. The van der Waals surface area contributed by atoms with Gasteiger partial charge in [-0.15, -0.1) is 0 Å². The van der Waals surface area contributed by atoms with Gasteiger partial charge in [0.05, 0.1) is 17.9 Å². The third-order valence-electron chi connectivity index (χ3n) is 4.59. The van der Waals surface area contributed by atoms with Crippen LogP contribution in [0, 0.1) is 5.82 Å². The molecular formula is C20H22FN3O3. The van der Waals surface area contributed by atoms with E-state index in [1.165, 1.54) is 21.9 Å². The molecule has 7 heteroatoms. The molecule has 2 aromatic rings. The van der Waals surface area contributed by atoms with Crippen LogP contribution in [0.25, 0.3) is 0 Å². The van der Waals surface area contributed by atoms with Crippen LogP contribution in [0.15, 0.2) is 42.6 Å². The lowest BCUT2D eigenvalue weighted by molar-refractivity contribution is -0.125. The minimum Gasteiger partial charge on any atom is -0.465 e. The topological polar surface area (TPSA) is 73.7 Å². The van der Waals surface area contributed by atoms with E-state index in [4.69, 9.17) is 0 Å². The molecule has 0 saturated heterocycles. The van der Waals surface area contributed by atoms with Crippen molar-refractivity contribution in [2.45, 2.75) is 45.3 Å².